The van der Waals surface area contributed by atoms with E-state index < -0.39 is 11.8 Å². The first-order chi connectivity index (χ1) is 17.1. The Morgan fingerprint density at radius 1 is 0.971 bits per heavy atom. The van der Waals surface area contributed by atoms with E-state index in [4.69, 9.17) is 0 Å². The molecule has 0 bridgehead atoms. The van der Waals surface area contributed by atoms with Crippen LogP contribution >= 0.6 is 0 Å². The van der Waals surface area contributed by atoms with Crippen LogP contribution in [-0.4, -0.2) is 58.3 Å². The lowest BCUT2D eigenvalue weighted by Gasteiger charge is -2.26. The summed E-state index contributed by atoms with van der Waals surface area (Å²) in [6, 6.07) is 13.2. The van der Waals surface area contributed by atoms with Crippen molar-refractivity contribution in [1.82, 2.24) is 15.1 Å². The summed E-state index contributed by atoms with van der Waals surface area (Å²) in [5.41, 5.74) is 2.91. The fourth-order valence-electron chi connectivity index (χ4n) is 4.76. The van der Waals surface area contributed by atoms with Crippen LogP contribution in [0.5, 0.6) is 0 Å². The number of carbonyl (C=O) groups is 2. The van der Waals surface area contributed by atoms with Crippen LogP contribution in [-0.2, 0) is 9.59 Å². The Kier molecular flexibility index (Phi) is 6.33. The highest BCUT2D eigenvalue weighted by Gasteiger charge is 2.31. The number of aromatic nitrogens is 2. The number of aliphatic hydroxyl groups is 1. The number of carbonyl (C=O) groups excluding carboxylic acids is 2. The summed E-state index contributed by atoms with van der Waals surface area (Å²) in [4.78, 5) is 40.7. The fraction of sp³-hybridized carbons (Fsp3) is 0.308. The first kappa shape index (κ1) is 22.8. The van der Waals surface area contributed by atoms with E-state index in [-0.39, 0.29) is 24.4 Å². The molecule has 35 heavy (non-hydrogen) atoms. The molecule has 9 heteroatoms. The number of nitrogens with one attached hydrogen (secondary N) is 2. The van der Waals surface area contributed by atoms with E-state index in [1.165, 1.54) is 18.9 Å². The molecule has 0 atom stereocenters. The molecule has 1 fully saturated rings. The zero-order chi connectivity index (χ0) is 24.4. The molecule has 5 rings (SSSR count). The number of aromatic amines is 1. The summed E-state index contributed by atoms with van der Waals surface area (Å²) in [6.07, 6.45) is 5.79. The second-order valence-electron chi connectivity index (χ2n) is 8.78. The van der Waals surface area contributed by atoms with Gasteiger partial charge >= 0.3 is 0 Å². The number of imide groups is 1. The molecule has 1 saturated heterocycles. The molecule has 2 aliphatic rings. The molecule has 3 aromatic rings. The average molecular weight is 474 g/mol. The van der Waals surface area contributed by atoms with Crippen LogP contribution < -0.4 is 15.8 Å². The average Bonchev–Trinajstić information content (AvgIpc) is 3.04. The van der Waals surface area contributed by atoms with Crippen molar-refractivity contribution in [2.24, 2.45) is 0 Å². The van der Waals surface area contributed by atoms with E-state index in [0.717, 1.165) is 47.5 Å². The molecule has 1 aromatic heterocycles. The van der Waals surface area contributed by atoms with Gasteiger partial charge < -0.3 is 15.3 Å². The summed E-state index contributed by atoms with van der Waals surface area (Å²) < 4.78 is 0. The number of benzene rings is 2. The van der Waals surface area contributed by atoms with Crippen LogP contribution in [0.1, 0.15) is 25.7 Å². The highest BCUT2D eigenvalue weighted by atomic mass is 16.3. The van der Waals surface area contributed by atoms with Crippen molar-refractivity contribution in [3.05, 3.63) is 64.6 Å². The predicted molar refractivity (Wildman–Crippen MR) is 134 cm³/mol. The second-order valence-corrected chi connectivity index (χ2v) is 8.78. The minimum Gasteiger partial charge on any atom is -0.395 e. The minimum atomic E-state index is -0.469. The molecular formula is C26H27N5O4. The highest BCUT2D eigenvalue weighted by Crippen LogP contribution is 2.35. The fourth-order valence-corrected chi connectivity index (χ4v) is 4.76. The number of hydrogen-bond donors (Lipinski definition) is 3. The Bertz CT molecular complexity index is 1370. The molecule has 2 aliphatic heterocycles. The number of aliphatic hydroxyl groups excluding tert-OH is 1. The topological polar surface area (TPSA) is 119 Å². The van der Waals surface area contributed by atoms with Crippen molar-refractivity contribution < 1.29 is 14.7 Å². The summed E-state index contributed by atoms with van der Waals surface area (Å²) in [7, 11) is 0. The molecule has 3 heterocycles. The lowest BCUT2D eigenvalue weighted by molar-refractivity contribution is -0.137. The van der Waals surface area contributed by atoms with Gasteiger partial charge in [0.05, 0.1) is 35.6 Å². The zero-order valence-corrected chi connectivity index (χ0v) is 19.3. The van der Waals surface area contributed by atoms with E-state index in [1.54, 1.807) is 6.07 Å². The Hall–Kier alpha value is -3.98. The number of nitrogens with zero attached hydrogens (tertiary/aromatic N) is 3. The SMILES string of the molecule is O=C1C=C(Nc2cc(-c3n[nH]c(=O)c4ccccc34)ccc2N2CCCCCC2)C(=O)N1CCO. The molecule has 0 aliphatic carbocycles. The van der Waals surface area contributed by atoms with Crippen LogP contribution in [0.4, 0.5) is 11.4 Å². The molecular weight excluding hydrogens is 446 g/mol. The minimum absolute atomic E-state index is 0.0499. The first-order valence-corrected chi connectivity index (χ1v) is 11.9. The normalized spacial score (nSPS) is 16.5. The predicted octanol–water partition coefficient (Wildman–Crippen LogP) is 2.63. The maximum Gasteiger partial charge on any atom is 0.277 e. The van der Waals surface area contributed by atoms with Gasteiger partial charge in [-0.2, -0.15) is 5.10 Å². The number of amides is 2. The van der Waals surface area contributed by atoms with Gasteiger partial charge in [0.1, 0.15) is 5.70 Å². The van der Waals surface area contributed by atoms with Gasteiger partial charge in [0.15, 0.2) is 0 Å². The Labute approximate surface area is 202 Å². The number of rotatable bonds is 6. The van der Waals surface area contributed by atoms with Gasteiger partial charge in [-0.15, -0.1) is 0 Å². The Balaban J connectivity index is 1.58. The van der Waals surface area contributed by atoms with E-state index >= 15 is 0 Å². The lowest BCUT2D eigenvalue weighted by atomic mass is 10.0. The van der Waals surface area contributed by atoms with Crippen LogP contribution in [0.15, 0.2) is 59.0 Å². The smallest absolute Gasteiger partial charge is 0.277 e. The van der Waals surface area contributed by atoms with Crippen molar-refractivity contribution in [3.63, 3.8) is 0 Å². The van der Waals surface area contributed by atoms with Gasteiger partial charge in [-0.25, -0.2) is 5.10 Å². The maximum absolute atomic E-state index is 12.8. The molecule has 9 nitrogen and oxygen atoms in total. The van der Waals surface area contributed by atoms with Crippen molar-refractivity contribution in [2.45, 2.75) is 25.7 Å². The molecule has 0 unspecified atom stereocenters. The van der Waals surface area contributed by atoms with Crippen LogP contribution in [0.2, 0.25) is 0 Å². The highest BCUT2D eigenvalue weighted by molar-refractivity contribution is 6.17. The van der Waals surface area contributed by atoms with Crippen LogP contribution in [0.25, 0.3) is 22.0 Å². The Morgan fingerprint density at radius 2 is 1.71 bits per heavy atom. The number of β-amino-alcohol motifs (C(OH)–C–C–N with tert-alkyl or cyclic N) is 1. The molecule has 2 aromatic carbocycles. The number of H-pyrrole nitrogens is 1. The number of fused-ring (bicyclic) bond motifs is 1. The summed E-state index contributed by atoms with van der Waals surface area (Å²) in [5, 5.41) is 20.6. The molecule has 2 amide bonds. The number of anilines is 2. The van der Waals surface area contributed by atoms with Gasteiger partial charge in [0.2, 0.25) is 0 Å². The molecule has 0 saturated carbocycles. The molecule has 0 spiro atoms. The van der Waals surface area contributed by atoms with Crippen molar-refractivity contribution in [2.75, 3.05) is 36.5 Å². The third-order valence-electron chi connectivity index (χ3n) is 6.52. The van der Waals surface area contributed by atoms with Crippen LogP contribution in [0.3, 0.4) is 0 Å². The third-order valence-corrected chi connectivity index (χ3v) is 6.52. The van der Waals surface area contributed by atoms with Crippen molar-refractivity contribution in [1.29, 1.82) is 0 Å². The molecule has 3 N–H and O–H groups in total. The van der Waals surface area contributed by atoms with Gasteiger partial charge in [0, 0.05) is 30.1 Å². The van der Waals surface area contributed by atoms with Gasteiger partial charge in [0.25, 0.3) is 17.4 Å². The van der Waals surface area contributed by atoms with E-state index in [0.29, 0.717) is 16.8 Å². The van der Waals surface area contributed by atoms with Gasteiger partial charge in [-0.05, 0) is 31.0 Å². The Morgan fingerprint density at radius 3 is 2.46 bits per heavy atom. The van der Waals surface area contributed by atoms with E-state index in [2.05, 4.69) is 20.4 Å². The summed E-state index contributed by atoms with van der Waals surface area (Å²) in [6.45, 7) is 1.45. The van der Waals surface area contributed by atoms with Gasteiger partial charge in [-0.3, -0.25) is 19.3 Å². The van der Waals surface area contributed by atoms with E-state index in [9.17, 15) is 19.5 Å². The number of hydrogen-bond acceptors (Lipinski definition) is 7. The molecule has 180 valence electrons. The van der Waals surface area contributed by atoms with Crippen molar-refractivity contribution >= 4 is 34.0 Å². The maximum atomic E-state index is 12.8. The second kappa shape index (κ2) is 9.71. The summed E-state index contributed by atoms with van der Waals surface area (Å²) >= 11 is 0. The lowest BCUT2D eigenvalue weighted by Crippen LogP contribution is -2.34. The molecule has 0 radical (unpaired) electrons. The standard InChI is InChI=1S/C26H27N5O4/c32-14-13-31-23(33)16-21(26(31)35)27-20-15-17(9-10-22(20)30-11-5-1-2-6-12-30)24-18-7-3-4-8-19(18)25(34)29-28-24/h3-4,7-10,15-16,27,32H,1-2,5-6,11-14H2,(H,29,34). The van der Waals surface area contributed by atoms with Crippen molar-refractivity contribution in [3.8, 4) is 11.3 Å². The zero-order valence-electron chi connectivity index (χ0n) is 19.3. The monoisotopic (exact) mass is 473 g/mol. The van der Waals surface area contributed by atoms with Gasteiger partial charge in [-0.1, -0.05) is 37.1 Å². The quantitative estimate of drug-likeness (QED) is 0.471. The largest absolute Gasteiger partial charge is 0.395 e. The third kappa shape index (κ3) is 4.42. The van der Waals surface area contributed by atoms with Crippen LogP contribution in [0, 0.1) is 0 Å². The first-order valence-electron chi connectivity index (χ1n) is 11.9. The summed E-state index contributed by atoms with van der Waals surface area (Å²) in [5.74, 6) is -0.920. The van der Waals surface area contributed by atoms with E-state index in [1.807, 2.05) is 36.4 Å².